The Balaban J connectivity index is 2.02. The normalized spacial score (nSPS) is 27.4. The first-order chi connectivity index (χ1) is 19.3. The number of aliphatic hydroxyl groups is 4. The summed E-state index contributed by atoms with van der Waals surface area (Å²) < 4.78 is 10.7. The molecule has 0 aliphatic heterocycles. The van der Waals surface area contributed by atoms with E-state index in [0.717, 1.165) is 0 Å². The number of primary amides is 1. The molecule has 13 heteroatoms. The molecule has 0 saturated heterocycles. The van der Waals surface area contributed by atoms with E-state index in [-0.39, 0.29) is 24.2 Å². The van der Waals surface area contributed by atoms with Crippen LogP contribution in [0.4, 0.5) is 10.5 Å². The molecule has 6 N–H and O–H groups in total. The van der Waals surface area contributed by atoms with Gasteiger partial charge in [0.05, 0.1) is 23.8 Å². The van der Waals surface area contributed by atoms with Crippen LogP contribution in [0.5, 0.6) is 5.75 Å². The molecule has 1 aromatic rings. The lowest BCUT2D eigenvalue weighted by atomic mass is 9.51. The summed E-state index contributed by atoms with van der Waals surface area (Å²) in [4.78, 5) is 55.6. The highest BCUT2D eigenvalue weighted by Crippen LogP contribution is 2.58. The van der Waals surface area contributed by atoms with E-state index in [9.17, 15) is 39.6 Å². The highest BCUT2D eigenvalue weighted by Gasteiger charge is 2.67. The van der Waals surface area contributed by atoms with Crippen LogP contribution < -0.4 is 15.4 Å². The van der Waals surface area contributed by atoms with Gasteiger partial charge in [-0.1, -0.05) is 0 Å². The van der Waals surface area contributed by atoms with Gasteiger partial charge in [0.15, 0.2) is 11.4 Å². The number of nitrogens with two attached hydrogens (primary N) is 1. The first kappa shape index (κ1) is 31.0. The van der Waals surface area contributed by atoms with E-state index >= 15 is 0 Å². The predicted octanol–water partition coefficient (Wildman–Crippen LogP) is 1.00. The van der Waals surface area contributed by atoms with Gasteiger partial charge in [-0.25, -0.2) is 4.79 Å². The molecule has 0 bridgehead atoms. The fraction of sp³-hybridized carbons (Fsp3) is 0.517. The lowest BCUT2D eigenvalue weighted by Gasteiger charge is -2.54. The molecule has 0 spiro atoms. The van der Waals surface area contributed by atoms with E-state index < -0.39 is 81.5 Å². The van der Waals surface area contributed by atoms with Gasteiger partial charge in [0.25, 0.3) is 5.91 Å². The number of aliphatic hydroxyl groups excluding tert-OH is 3. The maximum atomic E-state index is 14.3. The summed E-state index contributed by atoms with van der Waals surface area (Å²) in [6.45, 7) is 4.24. The van der Waals surface area contributed by atoms with Crippen molar-refractivity contribution >= 4 is 35.1 Å². The van der Waals surface area contributed by atoms with Crippen molar-refractivity contribution in [1.29, 1.82) is 0 Å². The Morgan fingerprint density at radius 1 is 1.12 bits per heavy atom. The molecule has 3 aliphatic rings. The number of likely N-dealkylation sites (N-methyl/N-ethyl adjacent to an activating group) is 1. The number of anilines is 1. The fourth-order valence-electron chi connectivity index (χ4n) is 6.46. The molecule has 228 valence electrons. The van der Waals surface area contributed by atoms with Crippen LogP contribution in [0.25, 0.3) is 5.76 Å². The Labute approximate surface area is 242 Å². The molecule has 3 aliphatic carbocycles. The first-order valence-electron chi connectivity index (χ1n) is 13.3. The molecule has 0 aromatic heterocycles. The van der Waals surface area contributed by atoms with Gasteiger partial charge in [-0.05, 0) is 65.4 Å². The van der Waals surface area contributed by atoms with Gasteiger partial charge in [0, 0.05) is 31.1 Å². The number of benzene rings is 1. The Morgan fingerprint density at radius 3 is 2.24 bits per heavy atom. The summed E-state index contributed by atoms with van der Waals surface area (Å²) in [5, 5.41) is 45.6. The quantitative estimate of drug-likeness (QED) is 0.186. The Hall–Kier alpha value is -3.94. The number of fused-ring (bicyclic) bond motifs is 3. The van der Waals surface area contributed by atoms with Crippen LogP contribution in [0.2, 0.25) is 0 Å². The van der Waals surface area contributed by atoms with Crippen LogP contribution >= 0.6 is 0 Å². The van der Waals surface area contributed by atoms with Crippen molar-refractivity contribution in [3.8, 4) is 5.75 Å². The summed E-state index contributed by atoms with van der Waals surface area (Å²) in [7, 11) is 6.49. The van der Waals surface area contributed by atoms with Crippen molar-refractivity contribution < 1.29 is 49.1 Å². The number of carbonyl (C=O) groups is 4. The lowest BCUT2D eigenvalue weighted by molar-refractivity contribution is -0.158. The number of rotatable bonds is 5. The van der Waals surface area contributed by atoms with Crippen molar-refractivity contribution in [3.63, 3.8) is 0 Å². The maximum Gasteiger partial charge on any atom is 0.514 e. The van der Waals surface area contributed by atoms with Crippen LogP contribution in [0.3, 0.4) is 0 Å². The third-order valence-electron chi connectivity index (χ3n) is 8.15. The average molecular weight is 588 g/mol. The molecule has 0 heterocycles. The molecule has 4 atom stereocenters. The van der Waals surface area contributed by atoms with Gasteiger partial charge < -0.3 is 40.5 Å². The van der Waals surface area contributed by atoms with Gasteiger partial charge in [-0.2, -0.15) is 0 Å². The summed E-state index contributed by atoms with van der Waals surface area (Å²) in [5.74, 6) is -6.82. The molecule has 0 unspecified atom stereocenters. The van der Waals surface area contributed by atoms with Crippen molar-refractivity contribution in [1.82, 2.24) is 4.90 Å². The van der Waals surface area contributed by atoms with Gasteiger partial charge in [-0.3, -0.25) is 19.3 Å². The minimum absolute atomic E-state index is 0.0452. The third-order valence-corrected chi connectivity index (χ3v) is 8.15. The Morgan fingerprint density at radius 2 is 1.74 bits per heavy atom. The Kier molecular flexibility index (Phi) is 7.46. The van der Waals surface area contributed by atoms with Crippen molar-refractivity contribution in [2.75, 3.05) is 39.7 Å². The zero-order chi connectivity index (χ0) is 31.7. The van der Waals surface area contributed by atoms with Crippen LogP contribution in [-0.4, -0.2) is 101 Å². The number of hydrogen-bond donors (Lipinski definition) is 5. The molecule has 0 radical (unpaired) electrons. The number of amides is 1. The summed E-state index contributed by atoms with van der Waals surface area (Å²) in [6.07, 6.45) is -1.39. The standard InChI is InChI=1S/C29H37N3O10/c1-27(2,3)42-26(39)41-16-9-8-15(31(4)5)13-10-28(12-33)11-14-20(32(6)7)22(35)18(25(30)38)23(36)29(14,40)24(37)19(28)21(34)17(13)16/h8-9,14,20,33-34,36,40H,10-12H2,1-7H3,(H2,30,38)/t14-,20-,28-,29+/m0/s1. The van der Waals surface area contributed by atoms with E-state index in [1.165, 1.54) is 25.1 Å². The van der Waals surface area contributed by atoms with E-state index in [1.807, 2.05) is 0 Å². The number of ether oxygens (including phenoxy) is 2. The molecular formula is C29H37N3O10. The number of Topliss-reactive ketones (excluding diaryl/α,β-unsaturated/α-hetero) is 2. The van der Waals surface area contributed by atoms with Crippen LogP contribution in [0, 0.1) is 11.3 Å². The molecule has 13 nitrogen and oxygen atoms in total. The second-order valence-corrected chi connectivity index (χ2v) is 12.5. The number of carbonyl (C=O) groups excluding carboxylic acids is 4. The van der Waals surface area contributed by atoms with E-state index in [0.29, 0.717) is 11.3 Å². The molecule has 1 fully saturated rings. The Bertz CT molecular complexity index is 1450. The number of ketones is 2. The van der Waals surface area contributed by atoms with Crippen LogP contribution in [-0.2, 0) is 25.5 Å². The second-order valence-electron chi connectivity index (χ2n) is 12.5. The summed E-state index contributed by atoms with van der Waals surface area (Å²) >= 11 is 0. The highest BCUT2D eigenvalue weighted by molar-refractivity contribution is 6.24. The summed E-state index contributed by atoms with van der Waals surface area (Å²) in [5.41, 5.74) is -0.277. The fourth-order valence-corrected chi connectivity index (χ4v) is 6.46. The minimum Gasteiger partial charge on any atom is -0.508 e. The smallest absolute Gasteiger partial charge is 0.508 e. The first-order valence-corrected chi connectivity index (χ1v) is 13.3. The van der Waals surface area contributed by atoms with E-state index in [2.05, 4.69) is 0 Å². The molecular weight excluding hydrogens is 550 g/mol. The average Bonchev–Trinajstić information content (AvgIpc) is 2.84. The SMILES string of the molecule is CN(C)c1ccc(OC(=O)OC(C)(C)C)c2c1C[C@@]1(CO)C[C@H]3[C@H](N(C)C)C(=O)C(C(N)=O)=C(O)[C@@]3(O)C(=O)C1=C2O. The molecule has 1 amide bonds. The minimum atomic E-state index is -2.84. The predicted molar refractivity (Wildman–Crippen MR) is 150 cm³/mol. The summed E-state index contributed by atoms with van der Waals surface area (Å²) in [6, 6.07) is 1.78. The van der Waals surface area contributed by atoms with E-state index in [4.69, 9.17) is 15.2 Å². The van der Waals surface area contributed by atoms with Crippen molar-refractivity contribution in [2.45, 2.75) is 50.9 Å². The highest BCUT2D eigenvalue weighted by atomic mass is 16.7. The van der Waals surface area contributed by atoms with E-state index in [1.54, 1.807) is 45.8 Å². The van der Waals surface area contributed by atoms with Gasteiger partial charge in [0.1, 0.15) is 28.4 Å². The zero-order valence-corrected chi connectivity index (χ0v) is 24.6. The third kappa shape index (κ3) is 4.52. The zero-order valence-electron chi connectivity index (χ0n) is 24.6. The van der Waals surface area contributed by atoms with Gasteiger partial charge >= 0.3 is 6.16 Å². The lowest BCUT2D eigenvalue weighted by Crippen LogP contribution is -2.68. The van der Waals surface area contributed by atoms with Crippen molar-refractivity contribution in [3.05, 3.63) is 40.2 Å². The van der Waals surface area contributed by atoms with Crippen LogP contribution in [0.15, 0.2) is 29.0 Å². The van der Waals surface area contributed by atoms with Gasteiger partial charge in [-0.15, -0.1) is 0 Å². The number of hydrogen-bond acceptors (Lipinski definition) is 12. The van der Waals surface area contributed by atoms with Crippen molar-refractivity contribution in [2.24, 2.45) is 17.1 Å². The van der Waals surface area contributed by atoms with Crippen LogP contribution in [0.1, 0.15) is 38.3 Å². The maximum absolute atomic E-state index is 14.3. The molecule has 4 rings (SSSR count). The second kappa shape index (κ2) is 10.1. The molecule has 1 saturated carbocycles. The number of nitrogens with zero attached hydrogens (tertiary/aromatic N) is 2. The monoisotopic (exact) mass is 587 g/mol. The topological polar surface area (TPSA) is 200 Å². The molecule has 1 aromatic carbocycles. The molecule has 42 heavy (non-hydrogen) atoms. The largest absolute Gasteiger partial charge is 0.514 e. The van der Waals surface area contributed by atoms with Gasteiger partial charge in [0.2, 0.25) is 5.78 Å².